The summed E-state index contributed by atoms with van der Waals surface area (Å²) in [6.45, 7) is 0.418. The Morgan fingerprint density at radius 1 is 1.12 bits per heavy atom. The van der Waals surface area contributed by atoms with Crippen LogP contribution >= 0.6 is 0 Å². The molecule has 1 aliphatic rings. The minimum absolute atomic E-state index is 0.111. The van der Waals surface area contributed by atoms with Crippen LogP contribution in [0.15, 0.2) is 53.5 Å². The standard InChI is InChI=1S/C17H14N4O3/c22-16-13-14(11-7-4-8-18-15(11)21(24)17(13)23)19-9-12(20-16)10-5-2-1-3-6-10/h1-8,12,19,24H,9H2,(H,20,22)/t12-/m1/s1. The van der Waals surface area contributed by atoms with E-state index in [-0.39, 0.29) is 17.3 Å². The average Bonchev–Trinajstić information content (AvgIpc) is 2.80. The van der Waals surface area contributed by atoms with Crippen molar-refractivity contribution >= 4 is 22.6 Å². The lowest BCUT2D eigenvalue weighted by Gasteiger charge is -2.16. The van der Waals surface area contributed by atoms with Crippen molar-refractivity contribution in [2.24, 2.45) is 0 Å². The van der Waals surface area contributed by atoms with Gasteiger partial charge in [0.2, 0.25) is 0 Å². The number of benzene rings is 1. The predicted molar refractivity (Wildman–Crippen MR) is 88.3 cm³/mol. The number of carbonyl (C=O) groups is 1. The van der Waals surface area contributed by atoms with E-state index in [0.717, 1.165) is 5.56 Å². The SMILES string of the molecule is O=C1N[C@@H](c2ccccc2)CNc2c1c(=O)n(O)c1ncccc21. The van der Waals surface area contributed by atoms with Gasteiger partial charge in [0.05, 0.1) is 11.7 Å². The molecule has 0 saturated carbocycles. The second-order valence-corrected chi connectivity index (χ2v) is 5.56. The van der Waals surface area contributed by atoms with E-state index in [2.05, 4.69) is 15.6 Å². The normalized spacial score (nSPS) is 16.8. The van der Waals surface area contributed by atoms with Gasteiger partial charge in [-0.3, -0.25) is 9.59 Å². The first-order valence-electron chi connectivity index (χ1n) is 7.49. The van der Waals surface area contributed by atoms with Crippen LogP contribution in [0.25, 0.3) is 11.0 Å². The van der Waals surface area contributed by atoms with Gasteiger partial charge < -0.3 is 15.8 Å². The summed E-state index contributed by atoms with van der Waals surface area (Å²) in [5, 5.41) is 16.6. The number of rotatable bonds is 1. The van der Waals surface area contributed by atoms with Gasteiger partial charge in [-0.25, -0.2) is 4.98 Å². The summed E-state index contributed by atoms with van der Waals surface area (Å²) in [4.78, 5) is 29.0. The highest BCUT2D eigenvalue weighted by atomic mass is 16.5. The molecule has 120 valence electrons. The first kappa shape index (κ1) is 14.3. The monoisotopic (exact) mass is 322 g/mol. The largest absolute Gasteiger partial charge is 0.423 e. The van der Waals surface area contributed by atoms with Crippen LogP contribution < -0.4 is 16.2 Å². The maximum absolute atomic E-state index is 12.6. The summed E-state index contributed by atoms with van der Waals surface area (Å²) >= 11 is 0. The fourth-order valence-electron chi connectivity index (χ4n) is 2.97. The number of carbonyl (C=O) groups excluding carboxylic acids is 1. The Bertz CT molecular complexity index is 998. The van der Waals surface area contributed by atoms with E-state index >= 15 is 0 Å². The highest BCUT2D eigenvalue weighted by molar-refractivity contribution is 6.07. The van der Waals surface area contributed by atoms with Gasteiger partial charge in [0, 0.05) is 18.1 Å². The second kappa shape index (κ2) is 5.38. The van der Waals surface area contributed by atoms with Crippen LogP contribution in [-0.4, -0.2) is 27.4 Å². The molecular formula is C17H14N4O3. The second-order valence-electron chi connectivity index (χ2n) is 5.56. The lowest BCUT2D eigenvalue weighted by molar-refractivity contribution is 0.0935. The number of anilines is 1. The molecule has 0 bridgehead atoms. The number of fused-ring (bicyclic) bond motifs is 3. The number of hydrogen-bond donors (Lipinski definition) is 3. The third-order valence-electron chi connectivity index (χ3n) is 4.13. The molecule has 0 saturated heterocycles. The van der Waals surface area contributed by atoms with E-state index in [1.165, 1.54) is 6.20 Å². The Morgan fingerprint density at radius 2 is 1.92 bits per heavy atom. The molecule has 3 heterocycles. The van der Waals surface area contributed by atoms with Crippen molar-refractivity contribution in [3.05, 3.63) is 70.1 Å². The van der Waals surface area contributed by atoms with Crippen molar-refractivity contribution in [2.45, 2.75) is 6.04 Å². The van der Waals surface area contributed by atoms with Crippen molar-refractivity contribution in [3.8, 4) is 0 Å². The Balaban J connectivity index is 1.89. The summed E-state index contributed by atoms with van der Waals surface area (Å²) in [5.41, 5.74) is 0.522. The van der Waals surface area contributed by atoms with Crippen LogP contribution in [0.3, 0.4) is 0 Å². The quantitative estimate of drug-likeness (QED) is 0.591. The molecule has 4 rings (SSSR count). The van der Waals surface area contributed by atoms with E-state index < -0.39 is 11.5 Å². The molecule has 1 amide bonds. The van der Waals surface area contributed by atoms with E-state index in [1.54, 1.807) is 12.1 Å². The number of amides is 1. The molecule has 7 heteroatoms. The lowest BCUT2D eigenvalue weighted by atomic mass is 10.1. The smallest absolute Gasteiger partial charge is 0.299 e. The first-order valence-corrected chi connectivity index (χ1v) is 7.49. The minimum atomic E-state index is -0.796. The third-order valence-corrected chi connectivity index (χ3v) is 4.13. The van der Waals surface area contributed by atoms with E-state index in [1.807, 2.05) is 30.3 Å². The van der Waals surface area contributed by atoms with Crippen LogP contribution in [0.2, 0.25) is 0 Å². The number of hydrogen-bond acceptors (Lipinski definition) is 5. The summed E-state index contributed by atoms with van der Waals surface area (Å²) in [5.74, 6) is -0.526. The van der Waals surface area contributed by atoms with Gasteiger partial charge in [0.15, 0.2) is 5.65 Å². The average molecular weight is 322 g/mol. The Morgan fingerprint density at radius 3 is 2.71 bits per heavy atom. The van der Waals surface area contributed by atoms with Crippen molar-refractivity contribution in [2.75, 3.05) is 11.9 Å². The third kappa shape index (κ3) is 2.10. The van der Waals surface area contributed by atoms with Crippen LogP contribution in [0.5, 0.6) is 0 Å². The predicted octanol–water partition coefficient (Wildman–Crippen LogP) is 1.53. The zero-order chi connectivity index (χ0) is 16.7. The maximum atomic E-state index is 12.6. The van der Waals surface area contributed by atoms with E-state index in [4.69, 9.17) is 0 Å². The van der Waals surface area contributed by atoms with Gasteiger partial charge in [0.1, 0.15) is 5.56 Å². The van der Waals surface area contributed by atoms with Gasteiger partial charge in [-0.15, -0.1) is 4.73 Å². The van der Waals surface area contributed by atoms with E-state index in [9.17, 15) is 14.8 Å². The molecule has 1 aromatic carbocycles. The lowest BCUT2D eigenvalue weighted by Crippen LogP contribution is -2.34. The van der Waals surface area contributed by atoms with Crippen LogP contribution in [0, 0.1) is 0 Å². The topological polar surface area (TPSA) is 96.2 Å². The number of pyridine rings is 2. The van der Waals surface area contributed by atoms with Gasteiger partial charge in [-0.05, 0) is 17.7 Å². The fraction of sp³-hybridized carbons (Fsp3) is 0.118. The van der Waals surface area contributed by atoms with Crippen LogP contribution in [0.1, 0.15) is 22.0 Å². The highest BCUT2D eigenvalue weighted by Gasteiger charge is 2.28. The first-order chi connectivity index (χ1) is 11.7. The number of nitrogens with zero attached hydrogens (tertiary/aromatic N) is 2. The van der Waals surface area contributed by atoms with E-state index in [0.29, 0.717) is 22.3 Å². The molecule has 7 nitrogen and oxygen atoms in total. The summed E-state index contributed by atoms with van der Waals surface area (Å²) in [6.07, 6.45) is 1.48. The molecule has 2 aromatic heterocycles. The fourth-order valence-corrected chi connectivity index (χ4v) is 2.97. The summed E-state index contributed by atoms with van der Waals surface area (Å²) in [7, 11) is 0. The van der Waals surface area contributed by atoms with Gasteiger partial charge in [-0.1, -0.05) is 30.3 Å². The molecule has 24 heavy (non-hydrogen) atoms. The molecular weight excluding hydrogens is 308 g/mol. The molecule has 0 spiro atoms. The van der Waals surface area contributed by atoms with Crippen LogP contribution in [-0.2, 0) is 0 Å². The maximum Gasteiger partial charge on any atom is 0.299 e. The van der Waals surface area contributed by atoms with Crippen molar-refractivity contribution in [1.82, 2.24) is 15.0 Å². The molecule has 3 N–H and O–H groups in total. The Hall–Kier alpha value is -3.35. The molecule has 0 radical (unpaired) electrons. The van der Waals surface area contributed by atoms with Gasteiger partial charge in [0.25, 0.3) is 11.5 Å². The van der Waals surface area contributed by atoms with Crippen molar-refractivity contribution in [1.29, 1.82) is 0 Å². The highest BCUT2D eigenvalue weighted by Crippen LogP contribution is 2.27. The van der Waals surface area contributed by atoms with Crippen molar-refractivity contribution in [3.63, 3.8) is 0 Å². The van der Waals surface area contributed by atoms with Gasteiger partial charge in [-0.2, -0.15) is 0 Å². The Labute approximate surface area is 136 Å². The summed E-state index contributed by atoms with van der Waals surface area (Å²) in [6, 6.07) is 12.6. The zero-order valence-corrected chi connectivity index (χ0v) is 12.6. The molecule has 0 unspecified atom stereocenters. The molecule has 3 aromatic rings. The minimum Gasteiger partial charge on any atom is -0.423 e. The molecule has 0 fully saturated rings. The number of nitrogens with one attached hydrogen (secondary N) is 2. The molecule has 0 aliphatic carbocycles. The molecule has 1 aliphatic heterocycles. The number of aromatic nitrogens is 2. The Kier molecular flexibility index (Phi) is 3.19. The zero-order valence-electron chi connectivity index (χ0n) is 12.6. The van der Waals surface area contributed by atoms with Gasteiger partial charge >= 0.3 is 0 Å². The van der Waals surface area contributed by atoms with Crippen LogP contribution in [0.4, 0.5) is 5.69 Å². The molecule has 1 atom stereocenters. The summed E-state index contributed by atoms with van der Waals surface area (Å²) < 4.78 is 0.415. The van der Waals surface area contributed by atoms with Crippen molar-refractivity contribution < 1.29 is 10.0 Å².